The third-order valence-corrected chi connectivity index (χ3v) is 10.7. The summed E-state index contributed by atoms with van der Waals surface area (Å²) in [5, 5.41) is 11.7. The SMILES string of the molecule is COc1cc(C2CCN(C(=O)CN3CC[C@@](OC)(C(=O)Nc4ccc5[nH]nc(-c6ccnc(C7CC7)c6)c5c4)C3)CC2)ccc1-c1ncccn1. The molecule has 0 unspecified atom stereocenters. The molecule has 2 saturated heterocycles. The molecular weight excluding hydrogens is 644 g/mol. The Kier molecular flexibility index (Phi) is 8.95. The Morgan fingerprint density at radius 1 is 0.922 bits per heavy atom. The predicted octanol–water partition coefficient (Wildman–Crippen LogP) is 5.40. The molecule has 2 aromatic carbocycles. The molecule has 12 heteroatoms. The molecule has 1 aliphatic carbocycles. The average molecular weight is 687 g/mol. The van der Waals surface area contributed by atoms with Crippen molar-refractivity contribution < 1.29 is 19.1 Å². The van der Waals surface area contributed by atoms with E-state index in [1.165, 1.54) is 18.4 Å². The zero-order valence-corrected chi connectivity index (χ0v) is 29.0. The molecule has 262 valence electrons. The first kappa shape index (κ1) is 33.0. The fourth-order valence-corrected chi connectivity index (χ4v) is 7.53. The molecule has 51 heavy (non-hydrogen) atoms. The fourth-order valence-electron chi connectivity index (χ4n) is 7.53. The molecule has 1 atom stereocenters. The van der Waals surface area contributed by atoms with E-state index >= 15 is 0 Å². The van der Waals surface area contributed by atoms with Crippen molar-refractivity contribution in [2.75, 3.05) is 52.3 Å². The van der Waals surface area contributed by atoms with Crippen LogP contribution in [0, 0.1) is 0 Å². The Morgan fingerprint density at radius 3 is 2.51 bits per heavy atom. The molecule has 0 radical (unpaired) electrons. The number of likely N-dealkylation sites (tertiary alicyclic amines) is 2. The molecule has 0 bridgehead atoms. The maximum absolute atomic E-state index is 13.8. The van der Waals surface area contributed by atoms with Crippen LogP contribution in [-0.2, 0) is 14.3 Å². The highest BCUT2D eigenvalue weighted by atomic mass is 16.5. The van der Waals surface area contributed by atoms with Gasteiger partial charge in [-0.2, -0.15) is 5.10 Å². The van der Waals surface area contributed by atoms with Gasteiger partial charge in [0.2, 0.25) is 5.91 Å². The van der Waals surface area contributed by atoms with Gasteiger partial charge in [-0.15, -0.1) is 0 Å². The number of H-pyrrole nitrogens is 1. The van der Waals surface area contributed by atoms with E-state index in [1.807, 2.05) is 46.3 Å². The van der Waals surface area contributed by atoms with E-state index in [0.29, 0.717) is 55.9 Å². The minimum absolute atomic E-state index is 0.0776. The third-order valence-electron chi connectivity index (χ3n) is 10.7. The number of piperidine rings is 1. The van der Waals surface area contributed by atoms with Crippen molar-refractivity contribution in [1.29, 1.82) is 0 Å². The lowest BCUT2D eigenvalue weighted by Crippen LogP contribution is -2.48. The van der Waals surface area contributed by atoms with Gasteiger partial charge in [0.05, 0.1) is 24.7 Å². The van der Waals surface area contributed by atoms with Gasteiger partial charge in [0, 0.05) is 80.1 Å². The lowest BCUT2D eigenvalue weighted by atomic mass is 9.88. The Labute approximate surface area is 296 Å². The zero-order chi connectivity index (χ0) is 35.0. The molecule has 0 spiro atoms. The molecule has 2 aliphatic heterocycles. The van der Waals surface area contributed by atoms with Crippen molar-refractivity contribution in [1.82, 2.24) is 34.9 Å². The van der Waals surface area contributed by atoms with Crippen molar-refractivity contribution in [2.45, 2.75) is 49.5 Å². The number of anilines is 1. The van der Waals surface area contributed by atoms with Gasteiger partial charge in [-0.05, 0) is 92.1 Å². The van der Waals surface area contributed by atoms with E-state index < -0.39 is 5.60 Å². The van der Waals surface area contributed by atoms with Crippen LogP contribution in [-0.4, -0.2) is 99.3 Å². The number of carbonyl (C=O) groups excluding carboxylic acids is 2. The highest BCUT2D eigenvalue weighted by Crippen LogP contribution is 2.40. The van der Waals surface area contributed by atoms with Gasteiger partial charge in [0.15, 0.2) is 11.4 Å². The van der Waals surface area contributed by atoms with Gasteiger partial charge in [0.1, 0.15) is 11.4 Å². The largest absolute Gasteiger partial charge is 0.496 e. The molecule has 3 aromatic heterocycles. The smallest absolute Gasteiger partial charge is 0.258 e. The Hall–Kier alpha value is -5.20. The monoisotopic (exact) mass is 686 g/mol. The average Bonchev–Trinajstić information content (AvgIpc) is 3.82. The second kappa shape index (κ2) is 13.8. The molecule has 3 fully saturated rings. The van der Waals surface area contributed by atoms with Gasteiger partial charge in [0.25, 0.3) is 5.91 Å². The number of aromatic amines is 1. The number of benzene rings is 2. The van der Waals surface area contributed by atoms with E-state index in [9.17, 15) is 9.59 Å². The summed E-state index contributed by atoms with van der Waals surface area (Å²) in [6.07, 6.45) is 9.88. The fraction of sp³-hybridized carbons (Fsp3) is 0.385. The standard InChI is InChI=1S/C39H42N8O4/c1-50-34-21-27(6-8-30(34)37-41-14-3-15-42-37)25-11-17-47(18-12-25)35(48)23-46-19-13-39(24-46,51-2)38(49)43-29-7-9-32-31(22-29)36(45-44-32)28-10-16-40-33(20-28)26-4-5-26/h3,6-10,14-16,20-22,25-26H,4-5,11-13,17-19,23-24H2,1-2H3,(H,43,49)(H,44,45)/t39-/m0/s1. The van der Waals surface area contributed by atoms with E-state index in [2.05, 4.69) is 48.7 Å². The minimum atomic E-state index is -1.05. The maximum atomic E-state index is 13.8. The van der Waals surface area contributed by atoms with Crippen LogP contribution in [0.4, 0.5) is 5.69 Å². The van der Waals surface area contributed by atoms with E-state index in [0.717, 1.165) is 52.0 Å². The Morgan fingerprint density at radius 2 is 1.75 bits per heavy atom. The predicted molar refractivity (Wildman–Crippen MR) is 193 cm³/mol. The quantitative estimate of drug-likeness (QED) is 0.198. The topological polar surface area (TPSA) is 138 Å². The number of fused-ring (bicyclic) bond motifs is 1. The third kappa shape index (κ3) is 6.68. The summed E-state index contributed by atoms with van der Waals surface area (Å²) in [6.45, 7) is 2.55. The maximum Gasteiger partial charge on any atom is 0.258 e. The minimum Gasteiger partial charge on any atom is -0.496 e. The van der Waals surface area contributed by atoms with Crippen molar-refractivity contribution >= 4 is 28.4 Å². The van der Waals surface area contributed by atoms with E-state index in [1.54, 1.807) is 32.7 Å². The number of hydrogen-bond donors (Lipinski definition) is 2. The number of amides is 2. The first-order valence-corrected chi connectivity index (χ1v) is 17.7. The van der Waals surface area contributed by atoms with Crippen LogP contribution in [0.3, 0.4) is 0 Å². The van der Waals surface area contributed by atoms with Gasteiger partial charge >= 0.3 is 0 Å². The molecule has 2 amide bonds. The second-order valence-electron chi connectivity index (χ2n) is 13.9. The van der Waals surface area contributed by atoms with Gasteiger partial charge in [-0.1, -0.05) is 6.07 Å². The lowest BCUT2D eigenvalue weighted by Gasteiger charge is -2.33. The number of rotatable bonds is 10. The second-order valence-corrected chi connectivity index (χ2v) is 13.9. The summed E-state index contributed by atoms with van der Waals surface area (Å²) < 4.78 is 11.6. The van der Waals surface area contributed by atoms with Crippen molar-refractivity contribution in [3.8, 4) is 28.4 Å². The number of aromatic nitrogens is 5. The zero-order valence-electron chi connectivity index (χ0n) is 29.0. The van der Waals surface area contributed by atoms with Crippen molar-refractivity contribution in [2.24, 2.45) is 0 Å². The molecule has 5 heterocycles. The van der Waals surface area contributed by atoms with Crippen LogP contribution in [0.1, 0.15) is 55.2 Å². The molecule has 2 N–H and O–H groups in total. The summed E-state index contributed by atoms with van der Waals surface area (Å²) >= 11 is 0. The van der Waals surface area contributed by atoms with Crippen LogP contribution in [0.15, 0.2) is 73.2 Å². The highest BCUT2D eigenvalue weighted by Gasteiger charge is 2.45. The van der Waals surface area contributed by atoms with Crippen LogP contribution in [0.2, 0.25) is 0 Å². The number of carbonyl (C=O) groups is 2. The molecular formula is C39H42N8O4. The summed E-state index contributed by atoms with van der Waals surface area (Å²) in [6, 6.07) is 17.9. The number of methoxy groups -OCH3 is 2. The number of hydrogen-bond acceptors (Lipinski definition) is 9. The van der Waals surface area contributed by atoms with Crippen LogP contribution >= 0.6 is 0 Å². The van der Waals surface area contributed by atoms with Crippen LogP contribution < -0.4 is 10.1 Å². The van der Waals surface area contributed by atoms with Gasteiger partial charge < -0.3 is 19.7 Å². The number of ether oxygens (including phenoxy) is 2. The summed E-state index contributed by atoms with van der Waals surface area (Å²) in [4.78, 5) is 44.5. The molecule has 12 nitrogen and oxygen atoms in total. The van der Waals surface area contributed by atoms with E-state index in [-0.39, 0.29) is 18.4 Å². The van der Waals surface area contributed by atoms with Gasteiger partial charge in [-0.3, -0.25) is 24.6 Å². The number of pyridine rings is 1. The van der Waals surface area contributed by atoms with Crippen LogP contribution in [0.5, 0.6) is 5.75 Å². The molecule has 8 rings (SSSR count). The normalized spacial score (nSPS) is 19.8. The first-order chi connectivity index (χ1) is 24.9. The molecule has 5 aromatic rings. The summed E-state index contributed by atoms with van der Waals surface area (Å²) in [7, 11) is 3.23. The van der Waals surface area contributed by atoms with Gasteiger partial charge in [-0.25, -0.2) is 9.97 Å². The highest BCUT2D eigenvalue weighted by molar-refractivity contribution is 6.01. The molecule has 1 saturated carbocycles. The summed E-state index contributed by atoms with van der Waals surface area (Å²) in [5.74, 6) is 2.11. The van der Waals surface area contributed by atoms with Crippen LogP contribution in [0.25, 0.3) is 33.5 Å². The van der Waals surface area contributed by atoms with Crippen molar-refractivity contribution in [3.63, 3.8) is 0 Å². The van der Waals surface area contributed by atoms with Crippen molar-refractivity contribution in [3.05, 3.63) is 84.4 Å². The lowest BCUT2D eigenvalue weighted by molar-refractivity contribution is -0.138. The van der Waals surface area contributed by atoms with E-state index in [4.69, 9.17) is 9.47 Å². The number of nitrogens with one attached hydrogen (secondary N) is 2. The Balaban J connectivity index is 0.875. The first-order valence-electron chi connectivity index (χ1n) is 17.7. The summed E-state index contributed by atoms with van der Waals surface area (Å²) in [5.41, 5.74) is 5.49. The Bertz CT molecular complexity index is 2060. The number of nitrogens with zero attached hydrogens (tertiary/aromatic N) is 6. The molecule has 3 aliphatic rings.